The lowest BCUT2D eigenvalue weighted by Crippen LogP contribution is -2.48. The lowest BCUT2D eigenvalue weighted by molar-refractivity contribution is -0.140. The molecule has 2 amide bonds. The second kappa shape index (κ2) is 8.08. The molecule has 1 aliphatic rings. The molecular weight excluding hydrogens is 252 g/mol. The Balaban J connectivity index is 2.57. The van der Waals surface area contributed by atoms with E-state index in [1.54, 1.807) is 7.05 Å². The van der Waals surface area contributed by atoms with Gasteiger partial charge in [-0.3, -0.25) is 9.59 Å². The number of carbonyl (C=O) groups excluding carboxylic acids is 2. The van der Waals surface area contributed by atoms with E-state index in [0.717, 1.165) is 32.2 Å². The number of carbonyl (C=O) groups is 2. The highest BCUT2D eigenvalue weighted by atomic mass is 16.2. The van der Waals surface area contributed by atoms with E-state index in [4.69, 9.17) is 0 Å². The molecule has 0 saturated carbocycles. The summed E-state index contributed by atoms with van der Waals surface area (Å²) in [4.78, 5) is 27.3. The number of amides is 2. The summed E-state index contributed by atoms with van der Waals surface area (Å²) in [6.45, 7) is 8.86. The Labute approximate surface area is 122 Å². The second-order valence-corrected chi connectivity index (χ2v) is 6.11. The Hall–Kier alpha value is -1.32. The van der Waals surface area contributed by atoms with Gasteiger partial charge in [0.05, 0.1) is 6.54 Å². The third-order valence-electron chi connectivity index (χ3n) is 3.95. The zero-order valence-electron chi connectivity index (χ0n) is 13.1. The van der Waals surface area contributed by atoms with Crippen molar-refractivity contribution in [1.29, 1.82) is 0 Å². The van der Waals surface area contributed by atoms with Crippen LogP contribution in [0.1, 0.15) is 46.0 Å². The largest absolute Gasteiger partial charge is 0.338 e. The van der Waals surface area contributed by atoms with Gasteiger partial charge in [0, 0.05) is 19.6 Å². The summed E-state index contributed by atoms with van der Waals surface area (Å²) in [5, 5.41) is 0. The van der Waals surface area contributed by atoms with Crippen LogP contribution in [0.2, 0.25) is 0 Å². The van der Waals surface area contributed by atoms with Gasteiger partial charge in [0.1, 0.15) is 0 Å². The molecule has 1 atom stereocenters. The van der Waals surface area contributed by atoms with Gasteiger partial charge in [-0.25, -0.2) is 0 Å². The fourth-order valence-corrected chi connectivity index (χ4v) is 2.68. The molecule has 1 rings (SSSR count). The van der Waals surface area contributed by atoms with Crippen LogP contribution in [0, 0.1) is 5.92 Å². The van der Waals surface area contributed by atoms with E-state index in [-0.39, 0.29) is 18.4 Å². The number of rotatable bonds is 6. The molecule has 0 bridgehead atoms. The number of piperidine rings is 1. The standard InChI is InChI=1S/C16H28N2O2/c1-5-15(19)17(4)12-16(20)18-11-7-6-8-14(18)10-9-13(2)3/h5,13-14H,1,6-12H2,2-4H3. The van der Waals surface area contributed by atoms with E-state index >= 15 is 0 Å². The molecule has 0 aliphatic carbocycles. The minimum absolute atomic E-state index is 0.0659. The van der Waals surface area contributed by atoms with E-state index < -0.39 is 0 Å². The normalized spacial score (nSPS) is 19.0. The average molecular weight is 280 g/mol. The van der Waals surface area contributed by atoms with Gasteiger partial charge < -0.3 is 9.80 Å². The van der Waals surface area contributed by atoms with Crippen LogP contribution in [0.3, 0.4) is 0 Å². The van der Waals surface area contributed by atoms with Crippen LogP contribution in [0.4, 0.5) is 0 Å². The van der Waals surface area contributed by atoms with Crippen LogP contribution < -0.4 is 0 Å². The van der Waals surface area contributed by atoms with Crippen molar-refractivity contribution in [2.75, 3.05) is 20.1 Å². The Morgan fingerprint density at radius 2 is 2.10 bits per heavy atom. The molecule has 4 nitrogen and oxygen atoms in total. The maximum atomic E-state index is 12.4. The van der Waals surface area contributed by atoms with Crippen molar-refractivity contribution in [1.82, 2.24) is 9.80 Å². The molecule has 1 aliphatic heterocycles. The molecule has 4 heteroatoms. The van der Waals surface area contributed by atoms with Crippen LogP contribution in [0.15, 0.2) is 12.7 Å². The zero-order valence-corrected chi connectivity index (χ0v) is 13.1. The van der Waals surface area contributed by atoms with Crippen molar-refractivity contribution in [2.24, 2.45) is 5.92 Å². The van der Waals surface area contributed by atoms with Crippen molar-refractivity contribution in [3.05, 3.63) is 12.7 Å². The van der Waals surface area contributed by atoms with Crippen LogP contribution >= 0.6 is 0 Å². The predicted molar refractivity (Wildman–Crippen MR) is 81.3 cm³/mol. The molecule has 0 N–H and O–H groups in total. The van der Waals surface area contributed by atoms with E-state index in [9.17, 15) is 9.59 Å². The highest BCUT2D eigenvalue weighted by Crippen LogP contribution is 2.22. The van der Waals surface area contributed by atoms with Gasteiger partial charge in [-0.2, -0.15) is 0 Å². The summed E-state index contributed by atoms with van der Waals surface area (Å²) in [5.74, 6) is 0.532. The number of nitrogens with zero attached hydrogens (tertiary/aromatic N) is 2. The SMILES string of the molecule is C=CC(=O)N(C)CC(=O)N1CCCCC1CCC(C)C. The lowest BCUT2D eigenvalue weighted by Gasteiger charge is -2.37. The van der Waals surface area contributed by atoms with Crippen LogP contribution in [-0.2, 0) is 9.59 Å². The molecule has 0 aromatic heterocycles. The molecule has 1 heterocycles. The van der Waals surface area contributed by atoms with Gasteiger partial charge in [0.2, 0.25) is 11.8 Å². The monoisotopic (exact) mass is 280 g/mol. The summed E-state index contributed by atoms with van der Waals surface area (Å²) in [5.41, 5.74) is 0. The van der Waals surface area contributed by atoms with E-state index in [0.29, 0.717) is 12.0 Å². The van der Waals surface area contributed by atoms with Crippen molar-refractivity contribution < 1.29 is 9.59 Å². The first-order chi connectivity index (χ1) is 9.45. The van der Waals surface area contributed by atoms with Gasteiger partial charge in [-0.05, 0) is 44.1 Å². The summed E-state index contributed by atoms with van der Waals surface area (Å²) >= 11 is 0. The Bertz CT molecular complexity index is 352. The molecule has 20 heavy (non-hydrogen) atoms. The van der Waals surface area contributed by atoms with Gasteiger partial charge in [0.15, 0.2) is 0 Å². The summed E-state index contributed by atoms with van der Waals surface area (Å²) in [7, 11) is 1.65. The maximum Gasteiger partial charge on any atom is 0.246 e. The number of likely N-dealkylation sites (N-methyl/N-ethyl adjacent to an activating group) is 1. The van der Waals surface area contributed by atoms with Gasteiger partial charge in [-0.1, -0.05) is 20.4 Å². The zero-order chi connectivity index (χ0) is 15.1. The van der Waals surface area contributed by atoms with E-state index in [2.05, 4.69) is 20.4 Å². The summed E-state index contributed by atoms with van der Waals surface area (Å²) in [6.07, 6.45) is 6.84. The Morgan fingerprint density at radius 1 is 1.40 bits per heavy atom. The van der Waals surface area contributed by atoms with Gasteiger partial charge in [-0.15, -0.1) is 0 Å². The molecule has 0 spiro atoms. The first-order valence-corrected chi connectivity index (χ1v) is 7.62. The molecule has 1 unspecified atom stereocenters. The molecule has 0 radical (unpaired) electrons. The number of likely N-dealkylation sites (tertiary alicyclic amines) is 1. The van der Waals surface area contributed by atoms with Gasteiger partial charge in [0.25, 0.3) is 0 Å². The molecule has 0 aromatic carbocycles. The third-order valence-corrected chi connectivity index (χ3v) is 3.95. The average Bonchev–Trinajstić information content (AvgIpc) is 2.44. The predicted octanol–water partition coefficient (Wildman–Crippen LogP) is 2.45. The summed E-state index contributed by atoms with van der Waals surface area (Å²) in [6, 6.07) is 0.353. The van der Waals surface area contributed by atoms with Crippen LogP contribution in [0.5, 0.6) is 0 Å². The van der Waals surface area contributed by atoms with Crippen molar-refractivity contribution in [3.8, 4) is 0 Å². The maximum absolute atomic E-state index is 12.4. The quantitative estimate of drug-likeness (QED) is 0.701. The fraction of sp³-hybridized carbons (Fsp3) is 0.750. The number of hydrogen-bond acceptors (Lipinski definition) is 2. The molecule has 0 aromatic rings. The van der Waals surface area contributed by atoms with Crippen LogP contribution in [-0.4, -0.2) is 47.8 Å². The van der Waals surface area contributed by atoms with Crippen molar-refractivity contribution >= 4 is 11.8 Å². The van der Waals surface area contributed by atoms with Gasteiger partial charge >= 0.3 is 0 Å². The van der Waals surface area contributed by atoms with E-state index in [1.807, 2.05) is 4.90 Å². The molecular formula is C16H28N2O2. The smallest absolute Gasteiger partial charge is 0.246 e. The lowest BCUT2D eigenvalue weighted by atomic mass is 9.94. The summed E-state index contributed by atoms with van der Waals surface area (Å²) < 4.78 is 0. The Morgan fingerprint density at radius 3 is 2.70 bits per heavy atom. The van der Waals surface area contributed by atoms with Crippen molar-refractivity contribution in [3.63, 3.8) is 0 Å². The molecule has 114 valence electrons. The first-order valence-electron chi connectivity index (χ1n) is 7.62. The minimum Gasteiger partial charge on any atom is -0.338 e. The van der Waals surface area contributed by atoms with E-state index in [1.165, 1.54) is 17.4 Å². The van der Waals surface area contributed by atoms with Crippen LogP contribution in [0.25, 0.3) is 0 Å². The number of hydrogen-bond donors (Lipinski definition) is 0. The fourth-order valence-electron chi connectivity index (χ4n) is 2.68. The topological polar surface area (TPSA) is 40.6 Å². The first kappa shape index (κ1) is 16.7. The minimum atomic E-state index is -0.200. The third kappa shape index (κ3) is 4.99. The highest BCUT2D eigenvalue weighted by Gasteiger charge is 2.27. The molecule has 1 fully saturated rings. The molecule has 1 saturated heterocycles. The highest BCUT2D eigenvalue weighted by molar-refractivity contribution is 5.90. The van der Waals surface area contributed by atoms with Crippen molar-refractivity contribution in [2.45, 2.75) is 52.0 Å². The Kier molecular flexibility index (Phi) is 6.76. The second-order valence-electron chi connectivity index (χ2n) is 6.11.